The van der Waals surface area contributed by atoms with E-state index in [2.05, 4.69) is 0 Å². The van der Waals surface area contributed by atoms with E-state index in [4.69, 9.17) is 16.9 Å². The van der Waals surface area contributed by atoms with Crippen molar-refractivity contribution in [2.75, 3.05) is 11.5 Å². The summed E-state index contributed by atoms with van der Waals surface area (Å²) in [5.41, 5.74) is 18.5. The minimum absolute atomic E-state index is 0.462. The summed E-state index contributed by atoms with van der Waals surface area (Å²) >= 11 is 0. The normalized spacial score (nSPS) is 10.5. The molecule has 0 bridgehead atoms. The molecule has 0 fully saturated rings. The highest BCUT2D eigenvalue weighted by Crippen LogP contribution is 2.31. The molecule has 3 nitrogen and oxygen atoms in total. The second kappa shape index (κ2) is 5.97. The third kappa shape index (κ3) is 2.94. The average Bonchev–Trinajstić information content (AvgIpc) is 2.55. The number of anilines is 2. The molecule has 0 spiro atoms. The minimum Gasteiger partial charge on any atom is -0.399 e. The van der Waals surface area contributed by atoms with Crippen molar-refractivity contribution in [1.29, 1.82) is 5.41 Å². The van der Waals surface area contributed by atoms with Crippen LogP contribution < -0.4 is 11.5 Å². The van der Waals surface area contributed by atoms with Crippen molar-refractivity contribution < 1.29 is 0 Å². The lowest BCUT2D eigenvalue weighted by Gasteiger charge is -2.14. The standard InChI is InChI=1S/C20H19N3/c1-13-11-15(21)7-9-17(13)18-10-8-16(22)12-19(18)20(23)14-5-3-2-4-6-14/h2-12,23H,21-22H2,1H3. The zero-order valence-electron chi connectivity index (χ0n) is 13.0. The van der Waals surface area contributed by atoms with E-state index in [0.717, 1.165) is 33.5 Å². The Morgan fingerprint density at radius 2 is 1.39 bits per heavy atom. The Kier molecular flexibility index (Phi) is 3.85. The quantitative estimate of drug-likeness (QED) is 0.500. The monoisotopic (exact) mass is 301 g/mol. The van der Waals surface area contributed by atoms with Gasteiger partial charge in [0.25, 0.3) is 0 Å². The second-order valence-electron chi connectivity index (χ2n) is 5.62. The molecule has 23 heavy (non-hydrogen) atoms. The summed E-state index contributed by atoms with van der Waals surface area (Å²) < 4.78 is 0. The maximum absolute atomic E-state index is 8.59. The third-order valence-electron chi connectivity index (χ3n) is 3.92. The lowest BCUT2D eigenvalue weighted by Crippen LogP contribution is -2.05. The fourth-order valence-corrected chi connectivity index (χ4v) is 2.75. The van der Waals surface area contributed by atoms with Crippen molar-refractivity contribution in [1.82, 2.24) is 0 Å². The number of benzene rings is 3. The first kappa shape index (κ1) is 14.9. The van der Waals surface area contributed by atoms with Crippen LogP contribution in [0.3, 0.4) is 0 Å². The van der Waals surface area contributed by atoms with Crippen LogP contribution in [0.25, 0.3) is 11.1 Å². The van der Waals surface area contributed by atoms with Crippen LogP contribution in [0, 0.1) is 12.3 Å². The molecule has 0 radical (unpaired) electrons. The highest BCUT2D eigenvalue weighted by molar-refractivity contribution is 6.15. The first-order valence-electron chi connectivity index (χ1n) is 7.46. The van der Waals surface area contributed by atoms with Gasteiger partial charge < -0.3 is 11.5 Å². The van der Waals surface area contributed by atoms with Crippen molar-refractivity contribution >= 4 is 17.1 Å². The topological polar surface area (TPSA) is 75.9 Å². The number of nitrogen functional groups attached to an aromatic ring is 2. The number of rotatable bonds is 3. The Balaban J connectivity index is 2.17. The Hall–Kier alpha value is -3.07. The van der Waals surface area contributed by atoms with Gasteiger partial charge in [-0.2, -0.15) is 0 Å². The van der Waals surface area contributed by atoms with Gasteiger partial charge in [-0.25, -0.2) is 0 Å². The first-order chi connectivity index (χ1) is 11.1. The van der Waals surface area contributed by atoms with Crippen molar-refractivity contribution in [2.45, 2.75) is 6.92 Å². The number of hydrogen-bond acceptors (Lipinski definition) is 3. The van der Waals surface area contributed by atoms with E-state index in [9.17, 15) is 0 Å². The van der Waals surface area contributed by atoms with E-state index in [1.807, 2.05) is 73.7 Å². The smallest absolute Gasteiger partial charge is 0.0691 e. The molecule has 0 amide bonds. The zero-order chi connectivity index (χ0) is 16.4. The van der Waals surface area contributed by atoms with Crippen LogP contribution in [0.5, 0.6) is 0 Å². The molecular weight excluding hydrogens is 282 g/mol. The van der Waals surface area contributed by atoms with Crippen molar-refractivity contribution in [3.63, 3.8) is 0 Å². The Morgan fingerprint density at radius 1 is 0.783 bits per heavy atom. The molecule has 0 aromatic heterocycles. The molecule has 0 aliphatic heterocycles. The molecule has 0 saturated heterocycles. The van der Waals surface area contributed by atoms with Crippen LogP contribution in [-0.4, -0.2) is 5.71 Å². The van der Waals surface area contributed by atoms with Gasteiger partial charge in [0.1, 0.15) is 0 Å². The summed E-state index contributed by atoms with van der Waals surface area (Å²) in [4.78, 5) is 0. The van der Waals surface area contributed by atoms with Gasteiger partial charge in [0.05, 0.1) is 5.71 Å². The van der Waals surface area contributed by atoms with E-state index in [-0.39, 0.29) is 0 Å². The van der Waals surface area contributed by atoms with E-state index >= 15 is 0 Å². The van der Waals surface area contributed by atoms with Gasteiger partial charge in [0, 0.05) is 22.5 Å². The molecule has 0 atom stereocenters. The largest absolute Gasteiger partial charge is 0.399 e. The summed E-state index contributed by atoms with van der Waals surface area (Å²) in [5, 5.41) is 8.59. The summed E-state index contributed by atoms with van der Waals surface area (Å²) in [5.74, 6) is 0. The number of aryl methyl sites for hydroxylation is 1. The molecule has 3 aromatic carbocycles. The predicted octanol–water partition coefficient (Wildman–Crippen LogP) is 4.24. The van der Waals surface area contributed by atoms with Gasteiger partial charge in [0.15, 0.2) is 0 Å². The first-order valence-corrected chi connectivity index (χ1v) is 7.46. The summed E-state index contributed by atoms with van der Waals surface area (Å²) in [6, 6.07) is 21.2. The number of nitrogens with two attached hydrogens (primary N) is 2. The maximum atomic E-state index is 8.59. The van der Waals surface area contributed by atoms with Gasteiger partial charge in [-0.15, -0.1) is 0 Å². The van der Waals surface area contributed by atoms with Crippen LogP contribution in [0.4, 0.5) is 11.4 Å². The van der Waals surface area contributed by atoms with Crippen LogP contribution in [0.15, 0.2) is 66.7 Å². The van der Waals surface area contributed by atoms with Crippen LogP contribution in [0.2, 0.25) is 0 Å². The lowest BCUT2D eigenvalue weighted by atomic mass is 9.91. The lowest BCUT2D eigenvalue weighted by molar-refractivity contribution is 1.42. The highest BCUT2D eigenvalue weighted by atomic mass is 14.6. The molecule has 0 heterocycles. The third-order valence-corrected chi connectivity index (χ3v) is 3.92. The van der Waals surface area contributed by atoms with E-state index < -0.39 is 0 Å². The Bertz CT molecular complexity index is 867. The van der Waals surface area contributed by atoms with Gasteiger partial charge >= 0.3 is 0 Å². The van der Waals surface area contributed by atoms with Crippen molar-refractivity contribution in [2.24, 2.45) is 0 Å². The second-order valence-corrected chi connectivity index (χ2v) is 5.62. The van der Waals surface area contributed by atoms with Crippen molar-refractivity contribution in [3.8, 4) is 11.1 Å². The molecule has 3 rings (SSSR count). The number of nitrogens with one attached hydrogen (secondary N) is 1. The van der Waals surface area contributed by atoms with Crippen LogP contribution in [0.1, 0.15) is 16.7 Å². The molecule has 114 valence electrons. The molecule has 3 heteroatoms. The van der Waals surface area contributed by atoms with Crippen LogP contribution >= 0.6 is 0 Å². The summed E-state index contributed by atoms with van der Waals surface area (Å²) in [7, 11) is 0. The molecule has 3 aromatic rings. The molecule has 5 N–H and O–H groups in total. The zero-order valence-corrected chi connectivity index (χ0v) is 13.0. The summed E-state index contributed by atoms with van der Waals surface area (Å²) in [6.07, 6.45) is 0. The molecule has 0 unspecified atom stereocenters. The highest BCUT2D eigenvalue weighted by Gasteiger charge is 2.13. The van der Waals surface area contributed by atoms with E-state index in [1.54, 1.807) is 0 Å². The van der Waals surface area contributed by atoms with E-state index in [1.165, 1.54) is 0 Å². The van der Waals surface area contributed by atoms with Gasteiger partial charge in [-0.3, -0.25) is 5.41 Å². The fraction of sp³-hybridized carbons (Fsp3) is 0.0500. The Labute approximate surface area is 136 Å². The van der Waals surface area contributed by atoms with Gasteiger partial charge in [-0.05, 0) is 47.9 Å². The summed E-state index contributed by atoms with van der Waals surface area (Å²) in [6.45, 7) is 2.03. The minimum atomic E-state index is 0.462. The van der Waals surface area contributed by atoms with Gasteiger partial charge in [0.2, 0.25) is 0 Å². The molecular formula is C20H19N3. The SMILES string of the molecule is Cc1cc(N)ccc1-c1ccc(N)cc1C(=N)c1ccccc1. The maximum Gasteiger partial charge on any atom is 0.0691 e. The van der Waals surface area contributed by atoms with Crippen LogP contribution in [-0.2, 0) is 0 Å². The number of hydrogen-bond donors (Lipinski definition) is 3. The Morgan fingerprint density at radius 3 is 2.04 bits per heavy atom. The average molecular weight is 301 g/mol. The van der Waals surface area contributed by atoms with E-state index in [0.29, 0.717) is 11.4 Å². The van der Waals surface area contributed by atoms with Gasteiger partial charge in [-0.1, -0.05) is 42.5 Å². The predicted molar refractivity (Wildman–Crippen MR) is 97.8 cm³/mol. The van der Waals surface area contributed by atoms with Crippen molar-refractivity contribution in [3.05, 3.63) is 83.4 Å². The fourth-order valence-electron chi connectivity index (χ4n) is 2.75. The molecule has 0 aliphatic rings. The molecule has 0 aliphatic carbocycles. The molecule has 0 saturated carbocycles.